The number of amides is 1. The van der Waals surface area contributed by atoms with E-state index in [-0.39, 0.29) is 28.3 Å². The van der Waals surface area contributed by atoms with E-state index in [4.69, 9.17) is 16.3 Å². The molecule has 8 heteroatoms. The Kier molecular flexibility index (Phi) is 4.42. The highest BCUT2D eigenvalue weighted by molar-refractivity contribution is 6.34. The zero-order chi connectivity index (χ0) is 15.6. The number of anilines is 1. The van der Waals surface area contributed by atoms with Crippen LogP contribution in [0.4, 0.5) is 11.4 Å². The molecule has 21 heavy (non-hydrogen) atoms. The van der Waals surface area contributed by atoms with Crippen LogP contribution in [0.3, 0.4) is 0 Å². The second-order valence-electron chi connectivity index (χ2n) is 4.90. The highest BCUT2D eigenvalue weighted by Crippen LogP contribution is 2.38. The van der Waals surface area contributed by atoms with Crippen molar-refractivity contribution in [1.29, 1.82) is 0 Å². The first-order valence-electron chi connectivity index (χ1n) is 6.29. The maximum absolute atomic E-state index is 11.6. The van der Waals surface area contributed by atoms with Crippen LogP contribution in [0.2, 0.25) is 5.02 Å². The summed E-state index contributed by atoms with van der Waals surface area (Å²) in [5.74, 6) is -0.731. The van der Waals surface area contributed by atoms with Crippen LogP contribution in [0.1, 0.15) is 13.3 Å². The smallest absolute Gasteiger partial charge is 0.309 e. The summed E-state index contributed by atoms with van der Waals surface area (Å²) >= 11 is 5.83. The average Bonchev–Trinajstić information content (AvgIpc) is 3.15. The van der Waals surface area contributed by atoms with E-state index in [2.05, 4.69) is 5.32 Å². The van der Waals surface area contributed by atoms with Crippen LogP contribution < -0.4 is 5.32 Å². The average molecular weight is 313 g/mol. The Hall–Kier alpha value is -2.15. The number of nitro groups is 1. The first-order chi connectivity index (χ1) is 9.88. The highest BCUT2D eigenvalue weighted by atomic mass is 35.5. The number of non-ortho nitro benzene ring substituents is 1. The molecule has 1 aliphatic rings. The molecule has 1 N–H and O–H groups in total. The maximum Gasteiger partial charge on any atom is 0.309 e. The highest BCUT2D eigenvalue weighted by Gasteiger charge is 2.40. The van der Waals surface area contributed by atoms with Crippen LogP contribution in [-0.4, -0.2) is 23.4 Å². The molecule has 7 nitrogen and oxygen atoms in total. The standard InChI is InChI=1S/C13H13ClN2O5/c1-7-4-9(7)13(18)21-6-12(17)15-11-3-2-8(16(19)20)5-10(11)14/h2-3,5,7,9H,4,6H2,1H3,(H,15,17)/t7-,9+/m0/s1. The molecule has 1 aromatic carbocycles. The minimum atomic E-state index is -0.587. The lowest BCUT2D eigenvalue weighted by Gasteiger charge is -2.07. The van der Waals surface area contributed by atoms with Gasteiger partial charge >= 0.3 is 5.97 Å². The number of halogens is 1. The lowest BCUT2D eigenvalue weighted by atomic mass is 10.3. The minimum Gasteiger partial charge on any atom is -0.455 e. The molecule has 1 aromatic rings. The van der Waals surface area contributed by atoms with E-state index in [1.807, 2.05) is 6.92 Å². The predicted octanol–water partition coefficient (Wildman–Crippen LogP) is 2.39. The molecule has 0 saturated heterocycles. The monoisotopic (exact) mass is 312 g/mol. The molecule has 2 rings (SSSR count). The number of nitrogens with one attached hydrogen (secondary N) is 1. The third-order valence-electron chi connectivity index (χ3n) is 3.20. The second-order valence-corrected chi connectivity index (χ2v) is 5.30. The third-order valence-corrected chi connectivity index (χ3v) is 3.51. The van der Waals surface area contributed by atoms with E-state index >= 15 is 0 Å². The zero-order valence-corrected chi connectivity index (χ0v) is 11.9. The summed E-state index contributed by atoms with van der Waals surface area (Å²) in [4.78, 5) is 33.1. The number of benzene rings is 1. The van der Waals surface area contributed by atoms with E-state index in [1.54, 1.807) is 0 Å². The van der Waals surface area contributed by atoms with Gasteiger partial charge < -0.3 is 10.1 Å². The number of esters is 1. The van der Waals surface area contributed by atoms with Crippen molar-refractivity contribution in [3.63, 3.8) is 0 Å². The first-order valence-corrected chi connectivity index (χ1v) is 6.66. The normalized spacial score (nSPS) is 19.7. The molecule has 0 aliphatic heterocycles. The molecule has 0 spiro atoms. The number of hydrogen-bond donors (Lipinski definition) is 1. The van der Waals surface area contributed by atoms with Crippen molar-refractivity contribution >= 4 is 34.9 Å². The largest absolute Gasteiger partial charge is 0.455 e. The van der Waals surface area contributed by atoms with Crippen LogP contribution in [0.5, 0.6) is 0 Å². The van der Waals surface area contributed by atoms with Gasteiger partial charge in [-0.05, 0) is 18.4 Å². The quantitative estimate of drug-likeness (QED) is 0.511. The van der Waals surface area contributed by atoms with E-state index in [1.165, 1.54) is 12.1 Å². The van der Waals surface area contributed by atoms with Gasteiger partial charge in [-0.25, -0.2) is 0 Å². The van der Waals surface area contributed by atoms with Gasteiger partial charge in [-0.2, -0.15) is 0 Å². The number of nitrogens with zero attached hydrogens (tertiary/aromatic N) is 1. The van der Waals surface area contributed by atoms with Crippen LogP contribution in [0.25, 0.3) is 0 Å². The number of ether oxygens (including phenoxy) is 1. The van der Waals surface area contributed by atoms with Crippen molar-refractivity contribution in [2.45, 2.75) is 13.3 Å². The Balaban J connectivity index is 1.87. The number of carbonyl (C=O) groups is 2. The Morgan fingerprint density at radius 1 is 1.52 bits per heavy atom. The molecule has 1 saturated carbocycles. The van der Waals surface area contributed by atoms with Crippen LogP contribution in [0, 0.1) is 22.0 Å². The third kappa shape index (κ3) is 3.91. The Morgan fingerprint density at radius 3 is 2.71 bits per heavy atom. The van der Waals surface area contributed by atoms with Crippen molar-refractivity contribution in [3.05, 3.63) is 33.3 Å². The van der Waals surface area contributed by atoms with Gasteiger partial charge in [0, 0.05) is 12.1 Å². The topological polar surface area (TPSA) is 98.5 Å². The predicted molar refractivity (Wildman–Crippen MR) is 75.0 cm³/mol. The Bertz CT molecular complexity index is 604. The fraction of sp³-hybridized carbons (Fsp3) is 0.385. The molecule has 2 atom stereocenters. The van der Waals surface area contributed by atoms with Crippen molar-refractivity contribution in [3.8, 4) is 0 Å². The molecule has 0 unspecified atom stereocenters. The van der Waals surface area contributed by atoms with Crippen molar-refractivity contribution in [2.75, 3.05) is 11.9 Å². The SMILES string of the molecule is C[C@H]1C[C@H]1C(=O)OCC(=O)Nc1ccc([N+](=O)[O-])cc1Cl. The Morgan fingerprint density at radius 2 is 2.19 bits per heavy atom. The summed E-state index contributed by atoms with van der Waals surface area (Å²) < 4.78 is 4.87. The van der Waals surface area contributed by atoms with Gasteiger partial charge in [-0.3, -0.25) is 19.7 Å². The molecule has 0 bridgehead atoms. The lowest BCUT2D eigenvalue weighted by molar-refractivity contribution is -0.384. The molecular weight excluding hydrogens is 300 g/mol. The fourth-order valence-corrected chi connectivity index (χ4v) is 2.02. The van der Waals surface area contributed by atoms with Gasteiger partial charge in [0.25, 0.3) is 11.6 Å². The molecule has 0 aromatic heterocycles. The lowest BCUT2D eigenvalue weighted by Crippen LogP contribution is -2.21. The van der Waals surface area contributed by atoms with E-state index < -0.39 is 17.4 Å². The van der Waals surface area contributed by atoms with Crippen molar-refractivity contribution < 1.29 is 19.2 Å². The molecule has 1 aliphatic carbocycles. The molecule has 0 radical (unpaired) electrons. The summed E-state index contributed by atoms with van der Waals surface area (Å²) in [5, 5.41) is 13.0. The number of rotatable bonds is 5. The number of hydrogen-bond acceptors (Lipinski definition) is 5. The first kappa shape index (κ1) is 15.2. The zero-order valence-electron chi connectivity index (χ0n) is 11.2. The van der Waals surface area contributed by atoms with Gasteiger partial charge in [-0.1, -0.05) is 18.5 Å². The molecular formula is C13H13ClN2O5. The van der Waals surface area contributed by atoms with Crippen LogP contribution in [-0.2, 0) is 14.3 Å². The minimum absolute atomic E-state index is 0.0414. The van der Waals surface area contributed by atoms with E-state index in [9.17, 15) is 19.7 Å². The summed E-state index contributed by atoms with van der Waals surface area (Å²) in [7, 11) is 0. The molecule has 0 heterocycles. The summed E-state index contributed by atoms with van der Waals surface area (Å²) in [6, 6.07) is 3.68. The fourth-order valence-electron chi connectivity index (χ4n) is 1.80. The number of nitro benzene ring substituents is 1. The van der Waals surface area contributed by atoms with Gasteiger partial charge in [-0.15, -0.1) is 0 Å². The van der Waals surface area contributed by atoms with Crippen LogP contribution >= 0.6 is 11.6 Å². The summed E-state index contributed by atoms with van der Waals surface area (Å²) in [5.41, 5.74) is 0.0512. The van der Waals surface area contributed by atoms with E-state index in [0.29, 0.717) is 5.92 Å². The number of carbonyl (C=O) groups excluding carboxylic acids is 2. The van der Waals surface area contributed by atoms with Gasteiger partial charge in [0.05, 0.1) is 21.6 Å². The molecule has 1 amide bonds. The second kappa shape index (κ2) is 6.09. The van der Waals surface area contributed by atoms with Gasteiger partial charge in [0.2, 0.25) is 0 Å². The summed E-state index contributed by atoms with van der Waals surface area (Å²) in [6.07, 6.45) is 0.786. The summed E-state index contributed by atoms with van der Waals surface area (Å²) in [6.45, 7) is 1.53. The van der Waals surface area contributed by atoms with Crippen molar-refractivity contribution in [2.24, 2.45) is 11.8 Å². The van der Waals surface area contributed by atoms with Gasteiger partial charge in [0.1, 0.15) is 0 Å². The Labute approximate surface area is 125 Å². The van der Waals surface area contributed by atoms with Gasteiger partial charge in [0.15, 0.2) is 6.61 Å². The maximum atomic E-state index is 11.6. The van der Waals surface area contributed by atoms with E-state index in [0.717, 1.165) is 12.5 Å². The molecule has 112 valence electrons. The van der Waals surface area contributed by atoms with Crippen molar-refractivity contribution in [1.82, 2.24) is 0 Å². The molecule has 1 fully saturated rings. The van der Waals surface area contributed by atoms with Crippen LogP contribution in [0.15, 0.2) is 18.2 Å².